The number of hydrogen-bond acceptors (Lipinski definition) is 4. The summed E-state index contributed by atoms with van der Waals surface area (Å²) >= 11 is 5.78. The largest absolute Gasteiger partial charge is 0.353 e. The summed E-state index contributed by atoms with van der Waals surface area (Å²) in [6, 6.07) is 13.6. The average molecular weight is 385 g/mol. The maximum Gasteiger partial charge on any atom is 0.269 e. The van der Waals surface area contributed by atoms with Gasteiger partial charge in [-0.25, -0.2) is 4.98 Å². The van der Waals surface area contributed by atoms with Crippen molar-refractivity contribution < 1.29 is 9.59 Å². The van der Waals surface area contributed by atoms with Crippen molar-refractivity contribution in [2.75, 3.05) is 13.1 Å². The van der Waals surface area contributed by atoms with E-state index in [0.717, 1.165) is 0 Å². The van der Waals surface area contributed by atoms with Gasteiger partial charge >= 0.3 is 0 Å². The van der Waals surface area contributed by atoms with E-state index < -0.39 is 0 Å². The van der Waals surface area contributed by atoms with Gasteiger partial charge in [0.05, 0.1) is 17.2 Å². The number of carbonyl (C=O) groups excluding carboxylic acids is 2. The molecule has 2 N–H and O–H groups in total. The highest BCUT2D eigenvalue weighted by Gasteiger charge is 2.09. The molecule has 27 heavy (non-hydrogen) atoms. The molecular formula is C19H17ClN4O3. The minimum atomic E-state index is -0.347. The zero-order chi connectivity index (χ0) is 19.2. The van der Waals surface area contributed by atoms with E-state index in [1.54, 1.807) is 42.5 Å². The van der Waals surface area contributed by atoms with Crippen LogP contribution in [0, 0.1) is 0 Å². The number of rotatable bonds is 6. The molecule has 138 valence electrons. The highest BCUT2D eigenvalue weighted by atomic mass is 35.5. The van der Waals surface area contributed by atoms with E-state index in [9.17, 15) is 14.4 Å². The maximum absolute atomic E-state index is 12.1. The molecule has 3 aromatic rings. The molecule has 2 amide bonds. The molecule has 0 fully saturated rings. The Hall–Kier alpha value is -3.19. The Kier molecular flexibility index (Phi) is 5.83. The fourth-order valence-corrected chi connectivity index (χ4v) is 2.68. The standard InChI is InChI=1S/C19H17ClN4O3/c20-14-7-5-13(6-8-14)19(27)22-10-9-21-17(25)12-24-16-4-2-1-3-15(16)23-11-18(24)26/h1-8,11H,9-10,12H2,(H,21,25)(H,22,27). The molecule has 0 bridgehead atoms. The predicted molar refractivity (Wildman–Crippen MR) is 103 cm³/mol. The topological polar surface area (TPSA) is 93.1 Å². The number of hydrogen-bond donors (Lipinski definition) is 2. The van der Waals surface area contributed by atoms with Crippen molar-refractivity contribution in [2.45, 2.75) is 6.54 Å². The highest BCUT2D eigenvalue weighted by Crippen LogP contribution is 2.09. The normalized spacial score (nSPS) is 10.6. The summed E-state index contributed by atoms with van der Waals surface area (Å²) < 4.78 is 1.37. The molecule has 1 aromatic heterocycles. The first kappa shape index (κ1) is 18.6. The summed E-state index contributed by atoms with van der Waals surface area (Å²) in [5, 5.41) is 5.94. The average Bonchev–Trinajstić information content (AvgIpc) is 2.68. The van der Waals surface area contributed by atoms with Crippen LogP contribution in [0.5, 0.6) is 0 Å². The number of halogens is 1. The van der Waals surface area contributed by atoms with Gasteiger partial charge in [0.1, 0.15) is 6.54 Å². The summed E-state index contributed by atoms with van der Waals surface area (Å²) in [6.45, 7) is 0.391. The first-order valence-electron chi connectivity index (χ1n) is 8.29. The summed E-state index contributed by atoms with van der Waals surface area (Å²) in [4.78, 5) is 40.2. The van der Waals surface area contributed by atoms with Gasteiger partial charge in [-0.1, -0.05) is 23.7 Å². The monoisotopic (exact) mass is 384 g/mol. The Morgan fingerprint density at radius 3 is 2.48 bits per heavy atom. The van der Waals surface area contributed by atoms with Gasteiger partial charge in [0.25, 0.3) is 11.5 Å². The highest BCUT2D eigenvalue weighted by molar-refractivity contribution is 6.30. The fourth-order valence-electron chi connectivity index (χ4n) is 2.56. The third-order valence-electron chi connectivity index (χ3n) is 3.89. The fraction of sp³-hybridized carbons (Fsp3) is 0.158. The molecule has 1 heterocycles. The van der Waals surface area contributed by atoms with Crippen LogP contribution < -0.4 is 16.2 Å². The van der Waals surface area contributed by atoms with Crippen LogP contribution >= 0.6 is 11.6 Å². The van der Waals surface area contributed by atoms with E-state index in [2.05, 4.69) is 15.6 Å². The minimum absolute atomic E-state index is 0.118. The van der Waals surface area contributed by atoms with Crippen molar-refractivity contribution >= 4 is 34.4 Å². The molecule has 0 atom stereocenters. The van der Waals surface area contributed by atoms with E-state index in [4.69, 9.17) is 11.6 Å². The summed E-state index contributed by atoms with van der Waals surface area (Å²) in [5.41, 5.74) is 1.37. The molecule has 7 nitrogen and oxygen atoms in total. The Bertz CT molecular complexity index is 1030. The van der Waals surface area contributed by atoms with Gasteiger partial charge in [-0.05, 0) is 36.4 Å². The van der Waals surface area contributed by atoms with Gasteiger partial charge in [0, 0.05) is 23.7 Å². The summed E-state index contributed by atoms with van der Waals surface area (Å²) in [7, 11) is 0. The number of benzene rings is 2. The molecule has 2 aromatic carbocycles. The van der Waals surface area contributed by atoms with Crippen LogP contribution in [0.3, 0.4) is 0 Å². The third-order valence-corrected chi connectivity index (χ3v) is 4.15. The smallest absolute Gasteiger partial charge is 0.269 e. The van der Waals surface area contributed by atoms with Gasteiger partial charge in [0.2, 0.25) is 5.91 Å². The number of carbonyl (C=O) groups is 2. The van der Waals surface area contributed by atoms with Crippen LogP contribution in [0.1, 0.15) is 10.4 Å². The van der Waals surface area contributed by atoms with Crippen LogP contribution in [0.4, 0.5) is 0 Å². The predicted octanol–water partition coefficient (Wildman–Crippen LogP) is 1.60. The second kappa shape index (κ2) is 8.46. The molecule has 0 saturated carbocycles. The molecule has 0 aliphatic carbocycles. The number of nitrogens with one attached hydrogen (secondary N) is 2. The quantitative estimate of drug-likeness (QED) is 0.631. The van der Waals surface area contributed by atoms with Gasteiger partial charge < -0.3 is 10.6 Å². The van der Waals surface area contributed by atoms with E-state index in [1.807, 2.05) is 6.07 Å². The summed E-state index contributed by atoms with van der Waals surface area (Å²) in [5.74, 6) is -0.577. The van der Waals surface area contributed by atoms with E-state index in [0.29, 0.717) is 21.6 Å². The van der Waals surface area contributed by atoms with E-state index >= 15 is 0 Å². The zero-order valence-electron chi connectivity index (χ0n) is 14.3. The number of nitrogens with zero attached hydrogens (tertiary/aromatic N) is 2. The van der Waals surface area contributed by atoms with Crippen molar-refractivity contribution in [1.29, 1.82) is 0 Å². The molecule has 0 spiro atoms. The van der Waals surface area contributed by atoms with Crippen molar-refractivity contribution in [2.24, 2.45) is 0 Å². The number of amides is 2. The summed E-state index contributed by atoms with van der Waals surface area (Å²) in [6.07, 6.45) is 1.20. The van der Waals surface area contributed by atoms with Gasteiger partial charge in [-0.3, -0.25) is 19.0 Å². The Morgan fingerprint density at radius 1 is 1.00 bits per heavy atom. The van der Waals surface area contributed by atoms with E-state index in [-0.39, 0.29) is 37.0 Å². The molecule has 0 aliphatic heterocycles. The van der Waals surface area contributed by atoms with Crippen molar-refractivity contribution in [3.05, 3.63) is 75.7 Å². The lowest BCUT2D eigenvalue weighted by Gasteiger charge is -2.10. The van der Waals surface area contributed by atoms with E-state index in [1.165, 1.54) is 10.8 Å². The lowest BCUT2D eigenvalue weighted by atomic mass is 10.2. The second-order valence-corrected chi connectivity index (χ2v) is 6.22. The Morgan fingerprint density at radius 2 is 1.70 bits per heavy atom. The molecule has 8 heteroatoms. The lowest BCUT2D eigenvalue weighted by molar-refractivity contribution is -0.121. The second-order valence-electron chi connectivity index (χ2n) is 5.78. The van der Waals surface area contributed by atoms with Crippen molar-refractivity contribution in [1.82, 2.24) is 20.2 Å². The minimum Gasteiger partial charge on any atom is -0.353 e. The first-order valence-corrected chi connectivity index (χ1v) is 8.67. The molecule has 0 aliphatic rings. The number of para-hydroxylation sites is 2. The van der Waals surface area contributed by atoms with Crippen LogP contribution in [0.2, 0.25) is 5.02 Å². The lowest BCUT2D eigenvalue weighted by Crippen LogP contribution is -2.37. The first-order chi connectivity index (χ1) is 13.0. The zero-order valence-corrected chi connectivity index (χ0v) is 15.1. The SMILES string of the molecule is O=C(Cn1c(=O)cnc2ccccc21)NCCNC(=O)c1ccc(Cl)cc1. The van der Waals surface area contributed by atoms with Crippen LogP contribution in [0.25, 0.3) is 11.0 Å². The molecule has 0 unspecified atom stereocenters. The van der Waals surface area contributed by atoms with Crippen LogP contribution in [-0.2, 0) is 11.3 Å². The molecular weight excluding hydrogens is 368 g/mol. The van der Waals surface area contributed by atoms with Crippen LogP contribution in [0.15, 0.2) is 59.5 Å². The number of aromatic nitrogens is 2. The van der Waals surface area contributed by atoms with Crippen molar-refractivity contribution in [3.63, 3.8) is 0 Å². The van der Waals surface area contributed by atoms with Gasteiger partial charge in [-0.2, -0.15) is 0 Å². The molecule has 0 radical (unpaired) electrons. The Balaban J connectivity index is 1.52. The van der Waals surface area contributed by atoms with Gasteiger partial charge in [-0.15, -0.1) is 0 Å². The van der Waals surface area contributed by atoms with Crippen LogP contribution in [-0.4, -0.2) is 34.5 Å². The third kappa shape index (κ3) is 4.71. The molecule has 0 saturated heterocycles. The Labute approximate surface area is 160 Å². The maximum atomic E-state index is 12.1. The number of fused-ring (bicyclic) bond motifs is 1. The van der Waals surface area contributed by atoms with Gasteiger partial charge in [0.15, 0.2) is 0 Å². The van der Waals surface area contributed by atoms with Crippen molar-refractivity contribution in [3.8, 4) is 0 Å². The molecule has 3 rings (SSSR count).